The van der Waals surface area contributed by atoms with Crippen molar-refractivity contribution in [1.29, 1.82) is 0 Å². The molecule has 0 saturated carbocycles. The van der Waals surface area contributed by atoms with Gasteiger partial charge in [-0.25, -0.2) is 0 Å². The summed E-state index contributed by atoms with van der Waals surface area (Å²) in [6.45, 7) is 2.50. The highest BCUT2D eigenvalue weighted by Gasteiger charge is 2.04. The average Bonchev–Trinajstić information content (AvgIpc) is 2.28. The Bertz CT molecular complexity index is 406. The third kappa shape index (κ3) is 5.40. The molecule has 1 amide bonds. The van der Waals surface area contributed by atoms with E-state index in [0.717, 1.165) is 25.0 Å². The predicted octanol–water partition coefficient (Wildman–Crippen LogP) is 1.58. The number of unbranched alkanes of at least 4 members (excludes halogenated alkanes) is 1. The summed E-state index contributed by atoms with van der Waals surface area (Å²) in [5.41, 5.74) is 6.86. The Labute approximate surface area is 107 Å². The van der Waals surface area contributed by atoms with Crippen LogP contribution in [0.15, 0.2) is 18.3 Å². The summed E-state index contributed by atoms with van der Waals surface area (Å²) >= 11 is 4.77. The van der Waals surface area contributed by atoms with Gasteiger partial charge < -0.3 is 11.1 Å². The van der Waals surface area contributed by atoms with E-state index < -0.39 is 0 Å². The molecule has 0 radical (unpaired) electrons. The molecule has 0 atom stereocenters. The van der Waals surface area contributed by atoms with Crippen molar-refractivity contribution in [3.05, 3.63) is 29.6 Å². The molecule has 0 fully saturated rings. The molecule has 92 valence electrons. The van der Waals surface area contributed by atoms with Gasteiger partial charge >= 0.3 is 0 Å². The SMILES string of the molecule is Cc1cc(C(=O)NCCCCC(N)=S)ccn1. The fourth-order valence-electron chi connectivity index (χ4n) is 1.42. The van der Waals surface area contributed by atoms with Crippen molar-refractivity contribution < 1.29 is 4.79 Å². The van der Waals surface area contributed by atoms with E-state index in [1.807, 2.05) is 6.92 Å². The minimum atomic E-state index is -0.0641. The Morgan fingerprint density at radius 3 is 2.94 bits per heavy atom. The van der Waals surface area contributed by atoms with Crippen LogP contribution >= 0.6 is 12.2 Å². The van der Waals surface area contributed by atoms with Crippen LogP contribution in [0.25, 0.3) is 0 Å². The number of hydrogen-bond acceptors (Lipinski definition) is 3. The van der Waals surface area contributed by atoms with Gasteiger partial charge in [0.25, 0.3) is 5.91 Å². The van der Waals surface area contributed by atoms with Crippen molar-refractivity contribution in [2.24, 2.45) is 5.73 Å². The standard InChI is InChI=1S/C12H17N3OS/c1-9-8-10(5-7-14-9)12(16)15-6-3-2-4-11(13)17/h5,7-8H,2-4,6H2,1H3,(H2,13,17)(H,15,16). The number of hydrogen-bond donors (Lipinski definition) is 2. The third-order valence-corrected chi connectivity index (χ3v) is 2.50. The maximum absolute atomic E-state index is 11.7. The fourth-order valence-corrected chi connectivity index (χ4v) is 1.56. The molecule has 1 heterocycles. The molecule has 17 heavy (non-hydrogen) atoms. The van der Waals surface area contributed by atoms with Crippen molar-refractivity contribution in [1.82, 2.24) is 10.3 Å². The monoisotopic (exact) mass is 251 g/mol. The Hall–Kier alpha value is -1.49. The van der Waals surface area contributed by atoms with Gasteiger partial charge in [0.1, 0.15) is 0 Å². The molecule has 0 aromatic carbocycles. The highest BCUT2D eigenvalue weighted by molar-refractivity contribution is 7.80. The number of nitrogens with one attached hydrogen (secondary N) is 1. The topological polar surface area (TPSA) is 68.0 Å². The van der Waals surface area contributed by atoms with Crippen LogP contribution in [0.4, 0.5) is 0 Å². The van der Waals surface area contributed by atoms with Crippen LogP contribution in [-0.4, -0.2) is 22.4 Å². The van der Waals surface area contributed by atoms with Crippen molar-refractivity contribution >= 4 is 23.1 Å². The number of carbonyl (C=O) groups excluding carboxylic acids is 1. The van der Waals surface area contributed by atoms with Crippen LogP contribution in [-0.2, 0) is 0 Å². The minimum Gasteiger partial charge on any atom is -0.393 e. The molecular formula is C12H17N3OS. The number of pyridine rings is 1. The van der Waals surface area contributed by atoms with E-state index >= 15 is 0 Å². The summed E-state index contributed by atoms with van der Waals surface area (Å²) in [7, 11) is 0. The summed E-state index contributed by atoms with van der Waals surface area (Å²) in [6.07, 6.45) is 4.16. The largest absolute Gasteiger partial charge is 0.393 e. The van der Waals surface area contributed by atoms with E-state index in [0.29, 0.717) is 17.1 Å². The van der Waals surface area contributed by atoms with Crippen molar-refractivity contribution in [3.63, 3.8) is 0 Å². The number of amides is 1. The molecule has 1 rings (SSSR count). The summed E-state index contributed by atoms with van der Waals surface area (Å²) < 4.78 is 0. The lowest BCUT2D eigenvalue weighted by molar-refractivity contribution is 0.0953. The average molecular weight is 251 g/mol. The summed E-state index contributed by atoms with van der Waals surface area (Å²) in [5, 5.41) is 2.85. The first-order valence-corrected chi connectivity index (χ1v) is 5.99. The molecule has 4 nitrogen and oxygen atoms in total. The number of rotatable bonds is 6. The van der Waals surface area contributed by atoms with Gasteiger partial charge in [-0.3, -0.25) is 9.78 Å². The van der Waals surface area contributed by atoms with Crippen LogP contribution in [0.2, 0.25) is 0 Å². The molecule has 0 aliphatic heterocycles. The number of nitrogens with two attached hydrogens (primary N) is 1. The maximum atomic E-state index is 11.7. The normalized spacial score (nSPS) is 9.94. The molecule has 1 aromatic heterocycles. The Morgan fingerprint density at radius 2 is 2.29 bits per heavy atom. The zero-order chi connectivity index (χ0) is 12.7. The van der Waals surface area contributed by atoms with Crippen LogP contribution in [0.5, 0.6) is 0 Å². The minimum absolute atomic E-state index is 0.0641. The number of nitrogens with zero attached hydrogens (tertiary/aromatic N) is 1. The molecule has 0 saturated heterocycles. The van der Waals surface area contributed by atoms with Crippen LogP contribution < -0.4 is 11.1 Å². The molecule has 0 spiro atoms. The molecule has 0 bridgehead atoms. The summed E-state index contributed by atoms with van der Waals surface area (Å²) in [4.78, 5) is 16.3. The second-order valence-electron chi connectivity index (χ2n) is 3.87. The first kappa shape index (κ1) is 13.6. The molecule has 0 aliphatic carbocycles. The van der Waals surface area contributed by atoms with Crippen LogP contribution in [0.1, 0.15) is 35.3 Å². The van der Waals surface area contributed by atoms with Gasteiger partial charge in [0.05, 0.1) is 4.99 Å². The van der Waals surface area contributed by atoms with Gasteiger partial charge in [0.2, 0.25) is 0 Å². The van der Waals surface area contributed by atoms with E-state index in [2.05, 4.69) is 10.3 Å². The first-order chi connectivity index (χ1) is 8.09. The zero-order valence-electron chi connectivity index (χ0n) is 9.90. The first-order valence-electron chi connectivity index (χ1n) is 5.59. The van der Waals surface area contributed by atoms with Crippen LogP contribution in [0.3, 0.4) is 0 Å². The molecule has 0 unspecified atom stereocenters. The number of aromatic nitrogens is 1. The van der Waals surface area contributed by atoms with Crippen molar-refractivity contribution in [2.75, 3.05) is 6.54 Å². The van der Waals surface area contributed by atoms with Gasteiger partial charge in [-0.2, -0.15) is 0 Å². The van der Waals surface area contributed by atoms with Crippen molar-refractivity contribution in [3.8, 4) is 0 Å². The second-order valence-corrected chi connectivity index (χ2v) is 4.39. The van der Waals surface area contributed by atoms with Gasteiger partial charge in [-0.1, -0.05) is 12.2 Å². The van der Waals surface area contributed by atoms with E-state index in [1.54, 1.807) is 18.3 Å². The number of thiocarbonyl (C=S) groups is 1. The smallest absolute Gasteiger partial charge is 0.251 e. The quantitative estimate of drug-likeness (QED) is 0.595. The maximum Gasteiger partial charge on any atom is 0.251 e. The van der Waals surface area contributed by atoms with E-state index in [9.17, 15) is 4.79 Å². The lowest BCUT2D eigenvalue weighted by atomic mass is 10.2. The third-order valence-electron chi connectivity index (χ3n) is 2.29. The van der Waals surface area contributed by atoms with Gasteiger partial charge in [0.15, 0.2) is 0 Å². The number of carbonyl (C=O) groups is 1. The Kier molecular flexibility index (Phi) is 5.56. The Morgan fingerprint density at radius 1 is 1.53 bits per heavy atom. The highest BCUT2D eigenvalue weighted by atomic mass is 32.1. The summed E-state index contributed by atoms with van der Waals surface area (Å²) in [6, 6.07) is 3.47. The molecule has 1 aromatic rings. The van der Waals surface area contributed by atoms with Gasteiger partial charge in [0, 0.05) is 24.0 Å². The number of aryl methyl sites for hydroxylation is 1. The molecule has 3 N–H and O–H groups in total. The van der Waals surface area contributed by atoms with E-state index in [-0.39, 0.29) is 5.91 Å². The van der Waals surface area contributed by atoms with Crippen LogP contribution in [0, 0.1) is 6.92 Å². The lowest BCUT2D eigenvalue weighted by Crippen LogP contribution is -2.24. The molecule has 5 heteroatoms. The zero-order valence-corrected chi connectivity index (χ0v) is 10.7. The highest BCUT2D eigenvalue weighted by Crippen LogP contribution is 2.01. The molecular weight excluding hydrogens is 234 g/mol. The predicted molar refractivity (Wildman–Crippen MR) is 71.9 cm³/mol. The van der Waals surface area contributed by atoms with Crippen molar-refractivity contribution in [2.45, 2.75) is 26.2 Å². The summed E-state index contributed by atoms with van der Waals surface area (Å²) in [5.74, 6) is -0.0641. The van der Waals surface area contributed by atoms with E-state index in [4.69, 9.17) is 18.0 Å². The van der Waals surface area contributed by atoms with Gasteiger partial charge in [-0.05, 0) is 38.3 Å². The molecule has 0 aliphatic rings. The van der Waals surface area contributed by atoms with E-state index in [1.165, 1.54) is 0 Å². The fraction of sp³-hybridized carbons (Fsp3) is 0.417. The Balaban J connectivity index is 2.28. The van der Waals surface area contributed by atoms with Gasteiger partial charge in [-0.15, -0.1) is 0 Å². The second kappa shape index (κ2) is 6.96. The lowest BCUT2D eigenvalue weighted by Gasteiger charge is -2.05.